The van der Waals surface area contributed by atoms with E-state index in [1.807, 2.05) is 18.2 Å². The summed E-state index contributed by atoms with van der Waals surface area (Å²) in [5.74, 6) is 1.73. The summed E-state index contributed by atoms with van der Waals surface area (Å²) in [6, 6.07) is 7.94. The Kier molecular flexibility index (Phi) is 3.66. The molecule has 0 atom stereocenters. The number of aromatic nitrogens is 2. The van der Waals surface area contributed by atoms with Gasteiger partial charge in [0.1, 0.15) is 5.82 Å². The summed E-state index contributed by atoms with van der Waals surface area (Å²) < 4.78 is 2.29. The SMILES string of the molecule is CCCn1c(CC(C)C)nc2cc(C#N)ccc21. The van der Waals surface area contributed by atoms with Crippen LogP contribution in [0.4, 0.5) is 0 Å². The van der Waals surface area contributed by atoms with Crippen LogP contribution in [0.3, 0.4) is 0 Å². The van der Waals surface area contributed by atoms with Gasteiger partial charge in [-0.2, -0.15) is 5.26 Å². The number of nitriles is 1. The van der Waals surface area contributed by atoms with E-state index in [0.717, 1.165) is 36.2 Å². The zero-order valence-electron chi connectivity index (χ0n) is 11.3. The first-order valence-electron chi connectivity index (χ1n) is 6.55. The predicted octanol–water partition coefficient (Wildman–Crippen LogP) is 3.52. The van der Waals surface area contributed by atoms with Gasteiger partial charge in [0.25, 0.3) is 0 Å². The average molecular weight is 241 g/mol. The molecule has 0 aliphatic carbocycles. The predicted molar refractivity (Wildman–Crippen MR) is 73.3 cm³/mol. The molecule has 0 N–H and O–H groups in total. The van der Waals surface area contributed by atoms with E-state index in [1.165, 1.54) is 0 Å². The van der Waals surface area contributed by atoms with Crippen molar-refractivity contribution in [2.75, 3.05) is 0 Å². The number of rotatable bonds is 4. The molecule has 0 unspecified atom stereocenters. The summed E-state index contributed by atoms with van der Waals surface area (Å²) >= 11 is 0. The van der Waals surface area contributed by atoms with Crippen LogP contribution in [-0.2, 0) is 13.0 Å². The second kappa shape index (κ2) is 5.22. The third-order valence-electron chi connectivity index (χ3n) is 2.99. The fraction of sp³-hybridized carbons (Fsp3) is 0.467. The molecular formula is C15H19N3. The van der Waals surface area contributed by atoms with Crippen molar-refractivity contribution in [1.29, 1.82) is 5.26 Å². The fourth-order valence-corrected chi connectivity index (χ4v) is 2.24. The minimum atomic E-state index is 0.591. The topological polar surface area (TPSA) is 41.6 Å². The molecule has 0 spiro atoms. The van der Waals surface area contributed by atoms with Gasteiger partial charge in [-0.05, 0) is 30.5 Å². The van der Waals surface area contributed by atoms with Gasteiger partial charge < -0.3 is 4.57 Å². The number of nitrogens with zero attached hydrogens (tertiary/aromatic N) is 3. The van der Waals surface area contributed by atoms with Gasteiger partial charge in [-0.3, -0.25) is 0 Å². The van der Waals surface area contributed by atoms with Crippen molar-refractivity contribution in [3.05, 3.63) is 29.6 Å². The quantitative estimate of drug-likeness (QED) is 0.821. The van der Waals surface area contributed by atoms with Crippen LogP contribution in [0, 0.1) is 17.2 Å². The lowest BCUT2D eigenvalue weighted by atomic mass is 10.1. The lowest BCUT2D eigenvalue weighted by molar-refractivity contribution is 0.574. The van der Waals surface area contributed by atoms with Gasteiger partial charge in [0.2, 0.25) is 0 Å². The maximum Gasteiger partial charge on any atom is 0.110 e. The standard InChI is InChI=1S/C15H19N3/c1-4-7-18-14-6-5-12(10-16)9-13(14)17-15(18)8-11(2)3/h5-6,9,11H,4,7-8H2,1-3H3. The van der Waals surface area contributed by atoms with Crippen molar-refractivity contribution < 1.29 is 0 Å². The second-order valence-corrected chi connectivity index (χ2v) is 5.09. The molecule has 0 saturated carbocycles. The van der Waals surface area contributed by atoms with Crippen LogP contribution in [0.15, 0.2) is 18.2 Å². The van der Waals surface area contributed by atoms with E-state index in [2.05, 4.69) is 31.4 Å². The first-order chi connectivity index (χ1) is 8.65. The zero-order chi connectivity index (χ0) is 13.1. The third kappa shape index (κ3) is 2.38. The Hall–Kier alpha value is -1.82. The van der Waals surface area contributed by atoms with Crippen LogP contribution in [0.25, 0.3) is 11.0 Å². The summed E-state index contributed by atoms with van der Waals surface area (Å²) in [5, 5.41) is 8.94. The smallest absolute Gasteiger partial charge is 0.110 e. The van der Waals surface area contributed by atoms with Gasteiger partial charge in [-0.15, -0.1) is 0 Å². The molecule has 3 nitrogen and oxygen atoms in total. The van der Waals surface area contributed by atoms with Crippen LogP contribution in [0.1, 0.15) is 38.6 Å². The highest BCUT2D eigenvalue weighted by molar-refractivity contribution is 5.77. The number of imidazole rings is 1. The van der Waals surface area contributed by atoms with Gasteiger partial charge in [-0.25, -0.2) is 4.98 Å². The summed E-state index contributed by atoms with van der Waals surface area (Å²) in [5.41, 5.74) is 2.77. The van der Waals surface area contributed by atoms with E-state index in [0.29, 0.717) is 11.5 Å². The molecule has 0 bridgehead atoms. The molecule has 0 fully saturated rings. The van der Waals surface area contributed by atoms with Crippen LogP contribution in [-0.4, -0.2) is 9.55 Å². The zero-order valence-corrected chi connectivity index (χ0v) is 11.3. The highest BCUT2D eigenvalue weighted by atomic mass is 15.1. The van der Waals surface area contributed by atoms with Crippen molar-refractivity contribution in [3.8, 4) is 6.07 Å². The van der Waals surface area contributed by atoms with Gasteiger partial charge in [0, 0.05) is 13.0 Å². The number of hydrogen-bond donors (Lipinski definition) is 0. The van der Waals surface area contributed by atoms with E-state index in [1.54, 1.807) is 0 Å². The van der Waals surface area contributed by atoms with Gasteiger partial charge in [0.15, 0.2) is 0 Å². The molecule has 94 valence electrons. The Bertz CT molecular complexity index is 588. The van der Waals surface area contributed by atoms with Gasteiger partial charge in [0.05, 0.1) is 22.7 Å². The first-order valence-corrected chi connectivity index (χ1v) is 6.55. The Morgan fingerprint density at radius 1 is 1.39 bits per heavy atom. The van der Waals surface area contributed by atoms with E-state index >= 15 is 0 Å². The molecular weight excluding hydrogens is 222 g/mol. The largest absolute Gasteiger partial charge is 0.328 e. The Morgan fingerprint density at radius 2 is 2.17 bits per heavy atom. The van der Waals surface area contributed by atoms with Gasteiger partial charge in [-0.1, -0.05) is 20.8 Å². The third-order valence-corrected chi connectivity index (χ3v) is 2.99. The van der Waals surface area contributed by atoms with Crippen LogP contribution in [0.5, 0.6) is 0 Å². The molecule has 0 aliphatic heterocycles. The maximum absolute atomic E-state index is 8.94. The number of hydrogen-bond acceptors (Lipinski definition) is 2. The molecule has 0 aliphatic rings. The summed E-state index contributed by atoms with van der Waals surface area (Å²) in [6.07, 6.45) is 2.08. The molecule has 0 radical (unpaired) electrons. The number of benzene rings is 1. The molecule has 0 saturated heterocycles. The van der Waals surface area contributed by atoms with E-state index < -0.39 is 0 Å². The Labute approximate surface area is 108 Å². The van der Waals surface area contributed by atoms with Crippen LogP contribution < -0.4 is 0 Å². The Morgan fingerprint density at radius 3 is 2.78 bits per heavy atom. The Balaban J connectivity index is 2.55. The highest BCUT2D eigenvalue weighted by Gasteiger charge is 2.11. The minimum absolute atomic E-state index is 0.591. The van der Waals surface area contributed by atoms with E-state index in [4.69, 9.17) is 10.2 Å². The van der Waals surface area contributed by atoms with Crippen molar-refractivity contribution in [3.63, 3.8) is 0 Å². The summed E-state index contributed by atoms with van der Waals surface area (Å²) in [4.78, 5) is 4.69. The van der Waals surface area contributed by atoms with Crippen LogP contribution in [0.2, 0.25) is 0 Å². The molecule has 1 aromatic carbocycles. The minimum Gasteiger partial charge on any atom is -0.328 e. The average Bonchev–Trinajstić information content (AvgIpc) is 2.66. The number of fused-ring (bicyclic) bond motifs is 1. The molecule has 18 heavy (non-hydrogen) atoms. The summed E-state index contributed by atoms with van der Waals surface area (Å²) in [6.45, 7) is 7.58. The van der Waals surface area contributed by atoms with Crippen molar-refractivity contribution in [2.45, 2.75) is 40.2 Å². The molecule has 1 heterocycles. The normalized spacial score (nSPS) is 11.1. The maximum atomic E-state index is 8.94. The van der Waals surface area contributed by atoms with Crippen molar-refractivity contribution >= 4 is 11.0 Å². The lowest BCUT2D eigenvalue weighted by Gasteiger charge is -2.09. The molecule has 2 aromatic rings. The van der Waals surface area contributed by atoms with Gasteiger partial charge >= 0.3 is 0 Å². The number of aryl methyl sites for hydroxylation is 1. The molecule has 0 amide bonds. The van der Waals surface area contributed by atoms with E-state index in [9.17, 15) is 0 Å². The fourth-order valence-electron chi connectivity index (χ4n) is 2.24. The molecule has 3 heteroatoms. The van der Waals surface area contributed by atoms with Crippen molar-refractivity contribution in [2.24, 2.45) is 5.92 Å². The molecule has 2 rings (SSSR count). The second-order valence-electron chi connectivity index (χ2n) is 5.09. The van der Waals surface area contributed by atoms with E-state index in [-0.39, 0.29) is 0 Å². The molecule has 1 aromatic heterocycles. The van der Waals surface area contributed by atoms with Crippen molar-refractivity contribution in [1.82, 2.24) is 9.55 Å². The highest BCUT2D eigenvalue weighted by Crippen LogP contribution is 2.20. The monoisotopic (exact) mass is 241 g/mol. The lowest BCUT2D eigenvalue weighted by Crippen LogP contribution is -2.06. The van der Waals surface area contributed by atoms with Crippen LogP contribution >= 0.6 is 0 Å². The first kappa shape index (κ1) is 12.6. The summed E-state index contributed by atoms with van der Waals surface area (Å²) in [7, 11) is 0.